The summed E-state index contributed by atoms with van der Waals surface area (Å²) in [5, 5.41) is 0. The summed E-state index contributed by atoms with van der Waals surface area (Å²) in [6.07, 6.45) is 3.22. The molecular formula is C10H22O. The summed E-state index contributed by atoms with van der Waals surface area (Å²) in [6.45, 7) is 10.9. The molecule has 2 atom stereocenters. The molecule has 0 fully saturated rings. The highest BCUT2D eigenvalue weighted by atomic mass is 16.5. The Hall–Kier alpha value is -0.0400. The molecule has 0 radical (unpaired) electrons. The molecule has 0 rings (SSSR count). The van der Waals surface area contributed by atoms with E-state index in [1.807, 2.05) is 0 Å². The van der Waals surface area contributed by atoms with Gasteiger partial charge in [-0.15, -0.1) is 0 Å². The summed E-state index contributed by atoms with van der Waals surface area (Å²) in [4.78, 5) is 0. The summed E-state index contributed by atoms with van der Waals surface area (Å²) in [7, 11) is 0. The van der Waals surface area contributed by atoms with Crippen LogP contribution in [-0.4, -0.2) is 12.2 Å². The van der Waals surface area contributed by atoms with E-state index >= 15 is 0 Å². The van der Waals surface area contributed by atoms with Crippen molar-refractivity contribution < 1.29 is 4.74 Å². The van der Waals surface area contributed by atoms with Crippen molar-refractivity contribution in [3.8, 4) is 0 Å². The molecule has 11 heavy (non-hydrogen) atoms. The highest BCUT2D eigenvalue weighted by Crippen LogP contribution is 2.10. The average Bonchev–Trinajstić information content (AvgIpc) is 1.87. The molecule has 0 saturated heterocycles. The predicted octanol–water partition coefficient (Wildman–Crippen LogP) is 3.24. The summed E-state index contributed by atoms with van der Waals surface area (Å²) in [5.74, 6) is 0.634. The zero-order chi connectivity index (χ0) is 8.85. The molecule has 0 saturated carbocycles. The van der Waals surface area contributed by atoms with Gasteiger partial charge in [0.25, 0.3) is 0 Å². The van der Waals surface area contributed by atoms with Crippen LogP contribution in [0.5, 0.6) is 0 Å². The van der Waals surface area contributed by atoms with E-state index in [4.69, 9.17) is 4.74 Å². The maximum atomic E-state index is 5.75. The summed E-state index contributed by atoms with van der Waals surface area (Å²) < 4.78 is 5.75. The van der Waals surface area contributed by atoms with Crippen molar-refractivity contribution in [1.29, 1.82) is 0 Å². The number of rotatable bonds is 5. The third-order valence-corrected chi connectivity index (χ3v) is 2.08. The number of hydrogen-bond donors (Lipinski definition) is 0. The van der Waals surface area contributed by atoms with Gasteiger partial charge in [0.15, 0.2) is 0 Å². The van der Waals surface area contributed by atoms with Crippen LogP contribution in [0.25, 0.3) is 0 Å². The van der Waals surface area contributed by atoms with Gasteiger partial charge >= 0.3 is 0 Å². The second kappa shape index (κ2) is 5.59. The molecular weight excluding hydrogens is 136 g/mol. The van der Waals surface area contributed by atoms with Crippen molar-refractivity contribution in [2.45, 2.75) is 59.7 Å². The van der Waals surface area contributed by atoms with Crippen molar-refractivity contribution in [3.05, 3.63) is 0 Å². The van der Waals surface area contributed by atoms with Gasteiger partial charge in [-0.1, -0.05) is 27.2 Å². The van der Waals surface area contributed by atoms with Gasteiger partial charge in [-0.25, -0.2) is 0 Å². The molecule has 1 heteroatoms. The van der Waals surface area contributed by atoms with Gasteiger partial charge in [0, 0.05) is 0 Å². The zero-order valence-corrected chi connectivity index (χ0v) is 8.55. The molecule has 0 heterocycles. The first-order valence-corrected chi connectivity index (χ1v) is 4.73. The van der Waals surface area contributed by atoms with Crippen molar-refractivity contribution in [2.75, 3.05) is 0 Å². The SMILES string of the molecule is CCCC(C)OC(C)C(C)C. The first kappa shape index (κ1) is 11.0. The lowest BCUT2D eigenvalue weighted by Crippen LogP contribution is -2.21. The Kier molecular flexibility index (Phi) is 5.57. The molecule has 1 nitrogen and oxygen atoms in total. The van der Waals surface area contributed by atoms with Crippen molar-refractivity contribution in [1.82, 2.24) is 0 Å². The normalized spacial score (nSPS) is 16.9. The fourth-order valence-electron chi connectivity index (χ4n) is 0.998. The van der Waals surface area contributed by atoms with Crippen LogP contribution >= 0.6 is 0 Å². The second-order valence-electron chi connectivity index (χ2n) is 3.68. The quantitative estimate of drug-likeness (QED) is 0.597. The minimum absolute atomic E-state index is 0.400. The minimum atomic E-state index is 0.400. The molecule has 0 aromatic rings. The fourth-order valence-corrected chi connectivity index (χ4v) is 0.998. The van der Waals surface area contributed by atoms with E-state index in [9.17, 15) is 0 Å². The van der Waals surface area contributed by atoms with Gasteiger partial charge in [-0.2, -0.15) is 0 Å². The molecule has 2 unspecified atom stereocenters. The molecule has 0 aliphatic rings. The van der Waals surface area contributed by atoms with E-state index in [0.717, 1.165) is 0 Å². The van der Waals surface area contributed by atoms with E-state index in [1.165, 1.54) is 12.8 Å². The minimum Gasteiger partial charge on any atom is -0.375 e. The molecule has 0 amide bonds. The fraction of sp³-hybridized carbons (Fsp3) is 1.00. The maximum absolute atomic E-state index is 5.75. The van der Waals surface area contributed by atoms with Crippen LogP contribution in [0, 0.1) is 5.92 Å². The maximum Gasteiger partial charge on any atom is 0.0573 e. The van der Waals surface area contributed by atoms with Crippen molar-refractivity contribution in [3.63, 3.8) is 0 Å². The lowest BCUT2D eigenvalue weighted by atomic mass is 10.1. The van der Waals surface area contributed by atoms with E-state index < -0.39 is 0 Å². The molecule has 0 spiro atoms. The highest BCUT2D eigenvalue weighted by molar-refractivity contribution is 4.58. The number of ether oxygens (including phenoxy) is 1. The largest absolute Gasteiger partial charge is 0.375 e. The summed E-state index contributed by atoms with van der Waals surface area (Å²) >= 11 is 0. The molecule has 0 aromatic heterocycles. The molecule has 0 N–H and O–H groups in total. The Labute approximate surface area is 71.1 Å². The molecule has 0 bridgehead atoms. The monoisotopic (exact) mass is 158 g/mol. The van der Waals surface area contributed by atoms with Crippen LogP contribution in [-0.2, 0) is 4.74 Å². The number of hydrogen-bond acceptors (Lipinski definition) is 1. The van der Waals surface area contributed by atoms with Gasteiger partial charge in [0.05, 0.1) is 12.2 Å². The Morgan fingerprint density at radius 3 is 2.00 bits per heavy atom. The van der Waals surface area contributed by atoms with Gasteiger partial charge in [-0.3, -0.25) is 0 Å². The lowest BCUT2D eigenvalue weighted by Gasteiger charge is -2.21. The van der Waals surface area contributed by atoms with Gasteiger partial charge in [0.2, 0.25) is 0 Å². The molecule has 0 aromatic carbocycles. The van der Waals surface area contributed by atoms with Crippen LogP contribution in [0.15, 0.2) is 0 Å². The smallest absolute Gasteiger partial charge is 0.0573 e. The Morgan fingerprint density at radius 2 is 1.64 bits per heavy atom. The van der Waals surface area contributed by atoms with Crippen LogP contribution in [0.1, 0.15) is 47.5 Å². The Balaban J connectivity index is 3.48. The Bertz CT molecular complexity index is 88.9. The lowest BCUT2D eigenvalue weighted by molar-refractivity contribution is -0.0195. The first-order chi connectivity index (χ1) is 5.07. The molecule has 0 aliphatic heterocycles. The van der Waals surface area contributed by atoms with Crippen LogP contribution in [0.4, 0.5) is 0 Å². The molecule has 0 aliphatic carbocycles. The van der Waals surface area contributed by atoms with Crippen LogP contribution < -0.4 is 0 Å². The van der Waals surface area contributed by atoms with Gasteiger partial charge in [0.1, 0.15) is 0 Å². The predicted molar refractivity (Wildman–Crippen MR) is 49.8 cm³/mol. The van der Waals surface area contributed by atoms with Crippen molar-refractivity contribution >= 4 is 0 Å². The van der Waals surface area contributed by atoms with Gasteiger partial charge < -0.3 is 4.74 Å². The van der Waals surface area contributed by atoms with E-state index in [2.05, 4.69) is 34.6 Å². The standard InChI is InChI=1S/C10H22O/c1-6-7-9(4)11-10(5)8(2)3/h8-10H,6-7H2,1-5H3. The van der Waals surface area contributed by atoms with Crippen molar-refractivity contribution in [2.24, 2.45) is 5.92 Å². The van der Waals surface area contributed by atoms with Crippen LogP contribution in [0.3, 0.4) is 0 Å². The van der Waals surface area contributed by atoms with E-state index in [-0.39, 0.29) is 0 Å². The van der Waals surface area contributed by atoms with E-state index in [0.29, 0.717) is 18.1 Å². The second-order valence-corrected chi connectivity index (χ2v) is 3.68. The van der Waals surface area contributed by atoms with E-state index in [1.54, 1.807) is 0 Å². The van der Waals surface area contributed by atoms with Gasteiger partial charge in [-0.05, 0) is 26.2 Å². The van der Waals surface area contributed by atoms with Crippen LogP contribution in [0.2, 0.25) is 0 Å². The summed E-state index contributed by atoms with van der Waals surface area (Å²) in [5.41, 5.74) is 0. The highest BCUT2D eigenvalue weighted by Gasteiger charge is 2.10. The first-order valence-electron chi connectivity index (χ1n) is 4.73. The third kappa shape index (κ3) is 5.25. The Morgan fingerprint density at radius 1 is 1.09 bits per heavy atom. The third-order valence-electron chi connectivity index (χ3n) is 2.08. The summed E-state index contributed by atoms with van der Waals surface area (Å²) in [6, 6.07) is 0. The molecule has 68 valence electrons. The average molecular weight is 158 g/mol. The topological polar surface area (TPSA) is 9.23 Å². The zero-order valence-electron chi connectivity index (χ0n) is 8.55.